The van der Waals surface area contributed by atoms with E-state index in [0.717, 1.165) is 25.9 Å². The molecule has 0 aromatic carbocycles. The maximum atomic E-state index is 12.6. The fourth-order valence-corrected chi connectivity index (χ4v) is 3.76. The summed E-state index contributed by atoms with van der Waals surface area (Å²) in [6.07, 6.45) is 3.76. The number of H-pyrrole nitrogens is 1. The molecule has 24 heavy (non-hydrogen) atoms. The van der Waals surface area contributed by atoms with Gasteiger partial charge in [0.25, 0.3) is 11.5 Å². The second-order valence-corrected chi connectivity index (χ2v) is 6.95. The second-order valence-electron chi connectivity index (χ2n) is 6.95. The molecule has 1 N–H and O–H groups in total. The lowest BCUT2D eigenvalue weighted by molar-refractivity contribution is -0.0856. The van der Waals surface area contributed by atoms with Gasteiger partial charge in [0, 0.05) is 38.4 Å². The Kier molecular flexibility index (Phi) is 5.01. The molecule has 0 radical (unpaired) electrons. The van der Waals surface area contributed by atoms with Crippen molar-refractivity contribution in [3.63, 3.8) is 0 Å². The summed E-state index contributed by atoms with van der Waals surface area (Å²) in [7, 11) is 0. The van der Waals surface area contributed by atoms with Crippen molar-refractivity contribution in [2.45, 2.75) is 51.9 Å². The molecule has 7 nitrogen and oxygen atoms in total. The number of carbonyl (C=O) groups is 1. The Morgan fingerprint density at radius 2 is 1.88 bits per heavy atom. The average molecular weight is 334 g/mol. The molecule has 1 aromatic rings. The first-order valence-electron chi connectivity index (χ1n) is 8.68. The largest absolute Gasteiger partial charge is 0.373 e. The van der Waals surface area contributed by atoms with Gasteiger partial charge in [-0.05, 0) is 33.6 Å². The van der Waals surface area contributed by atoms with Gasteiger partial charge in [0.2, 0.25) is 0 Å². The fourth-order valence-electron chi connectivity index (χ4n) is 3.76. The predicted molar refractivity (Wildman–Crippen MR) is 90.1 cm³/mol. The highest BCUT2D eigenvalue weighted by Gasteiger charge is 2.32. The molecular formula is C17H26N4O3. The van der Waals surface area contributed by atoms with Crippen LogP contribution in [0.1, 0.15) is 42.9 Å². The minimum atomic E-state index is -0.356. The van der Waals surface area contributed by atoms with E-state index in [1.165, 1.54) is 6.20 Å². The summed E-state index contributed by atoms with van der Waals surface area (Å²) < 4.78 is 5.80. The van der Waals surface area contributed by atoms with Crippen LogP contribution in [0.2, 0.25) is 0 Å². The van der Waals surface area contributed by atoms with Crippen LogP contribution >= 0.6 is 0 Å². The van der Waals surface area contributed by atoms with Crippen molar-refractivity contribution in [3.8, 4) is 0 Å². The zero-order valence-corrected chi connectivity index (χ0v) is 14.6. The number of likely N-dealkylation sites (tertiary alicyclic amines) is 1. The van der Waals surface area contributed by atoms with Gasteiger partial charge in [-0.2, -0.15) is 0 Å². The van der Waals surface area contributed by atoms with Gasteiger partial charge in [-0.3, -0.25) is 14.5 Å². The standard InChI is InChI=1S/C17H26N4O3/c1-11-9-21(10-12(2)24-11)14-4-6-20(7-5-14)17(23)15-8-18-13(3)19-16(15)22/h8,11-12,14H,4-7,9-10H2,1-3H3,(H,18,19,22)/t11-,12+. The van der Waals surface area contributed by atoms with Crippen LogP contribution in [-0.2, 0) is 4.74 Å². The lowest BCUT2D eigenvalue weighted by atomic mass is 10.0. The number of aromatic nitrogens is 2. The van der Waals surface area contributed by atoms with Crippen molar-refractivity contribution in [1.82, 2.24) is 19.8 Å². The summed E-state index contributed by atoms with van der Waals surface area (Å²) in [5.74, 6) is 0.303. The predicted octanol–water partition coefficient (Wildman–Crippen LogP) is 0.792. The average Bonchev–Trinajstić information content (AvgIpc) is 2.53. The minimum Gasteiger partial charge on any atom is -0.373 e. The quantitative estimate of drug-likeness (QED) is 0.865. The lowest BCUT2D eigenvalue weighted by Gasteiger charge is -2.43. The minimum absolute atomic E-state index is 0.132. The molecule has 132 valence electrons. The number of carbonyl (C=O) groups excluding carboxylic acids is 1. The molecule has 0 unspecified atom stereocenters. The van der Waals surface area contributed by atoms with Crippen molar-refractivity contribution < 1.29 is 9.53 Å². The number of hydrogen-bond donors (Lipinski definition) is 1. The molecular weight excluding hydrogens is 308 g/mol. The number of ether oxygens (including phenoxy) is 1. The Bertz CT molecular complexity index is 641. The molecule has 3 heterocycles. The van der Waals surface area contributed by atoms with Gasteiger partial charge in [-0.15, -0.1) is 0 Å². The Hall–Kier alpha value is -1.73. The first kappa shape index (κ1) is 17.1. The molecule has 2 fully saturated rings. The number of nitrogens with one attached hydrogen (secondary N) is 1. The zero-order valence-electron chi connectivity index (χ0n) is 14.6. The summed E-state index contributed by atoms with van der Waals surface area (Å²) in [5, 5.41) is 0. The molecule has 2 saturated heterocycles. The van der Waals surface area contributed by atoms with Crippen LogP contribution in [0.4, 0.5) is 0 Å². The monoisotopic (exact) mass is 334 g/mol. The number of amides is 1. The number of rotatable bonds is 2. The summed E-state index contributed by atoms with van der Waals surface area (Å²) >= 11 is 0. The van der Waals surface area contributed by atoms with Gasteiger partial charge in [0.05, 0.1) is 12.2 Å². The van der Waals surface area contributed by atoms with Crippen molar-refractivity contribution in [1.29, 1.82) is 0 Å². The maximum absolute atomic E-state index is 12.6. The number of aromatic amines is 1. The van der Waals surface area contributed by atoms with E-state index in [4.69, 9.17) is 4.74 Å². The van der Waals surface area contributed by atoms with Gasteiger partial charge >= 0.3 is 0 Å². The highest BCUT2D eigenvalue weighted by atomic mass is 16.5. The van der Waals surface area contributed by atoms with E-state index in [0.29, 0.717) is 25.0 Å². The fraction of sp³-hybridized carbons (Fsp3) is 0.706. The van der Waals surface area contributed by atoms with E-state index < -0.39 is 0 Å². The van der Waals surface area contributed by atoms with Crippen LogP contribution in [0, 0.1) is 6.92 Å². The van der Waals surface area contributed by atoms with Gasteiger partial charge in [-0.1, -0.05) is 0 Å². The highest BCUT2D eigenvalue weighted by molar-refractivity contribution is 5.93. The van der Waals surface area contributed by atoms with Crippen LogP contribution < -0.4 is 5.56 Å². The number of aryl methyl sites for hydroxylation is 1. The molecule has 0 saturated carbocycles. The Morgan fingerprint density at radius 1 is 1.25 bits per heavy atom. The van der Waals surface area contributed by atoms with E-state index in [1.54, 1.807) is 11.8 Å². The van der Waals surface area contributed by atoms with Crippen LogP contribution in [-0.4, -0.2) is 70.1 Å². The van der Waals surface area contributed by atoms with Gasteiger partial charge in [0.15, 0.2) is 0 Å². The number of morpholine rings is 1. The molecule has 1 aromatic heterocycles. The second kappa shape index (κ2) is 7.03. The highest BCUT2D eigenvalue weighted by Crippen LogP contribution is 2.22. The van der Waals surface area contributed by atoms with Crippen molar-refractivity contribution in [2.75, 3.05) is 26.2 Å². The number of nitrogens with zero attached hydrogens (tertiary/aromatic N) is 3. The summed E-state index contributed by atoms with van der Waals surface area (Å²) in [6, 6.07) is 0.484. The van der Waals surface area contributed by atoms with Gasteiger partial charge in [-0.25, -0.2) is 4.98 Å². The van der Waals surface area contributed by atoms with Crippen molar-refractivity contribution in [2.24, 2.45) is 0 Å². The van der Waals surface area contributed by atoms with Crippen LogP contribution in [0.3, 0.4) is 0 Å². The van der Waals surface area contributed by atoms with Gasteiger partial charge < -0.3 is 14.6 Å². The molecule has 0 spiro atoms. The zero-order chi connectivity index (χ0) is 17.3. The molecule has 0 aliphatic carbocycles. The van der Waals surface area contributed by atoms with Gasteiger partial charge in [0.1, 0.15) is 11.4 Å². The first-order valence-corrected chi connectivity index (χ1v) is 8.68. The maximum Gasteiger partial charge on any atom is 0.263 e. The Morgan fingerprint density at radius 3 is 2.46 bits per heavy atom. The van der Waals surface area contributed by atoms with Crippen LogP contribution in [0.25, 0.3) is 0 Å². The van der Waals surface area contributed by atoms with E-state index in [1.807, 2.05) is 0 Å². The van der Waals surface area contributed by atoms with Crippen molar-refractivity contribution >= 4 is 5.91 Å². The van der Waals surface area contributed by atoms with E-state index in [-0.39, 0.29) is 29.2 Å². The molecule has 2 aliphatic heterocycles. The number of hydrogen-bond acceptors (Lipinski definition) is 5. The Balaban J connectivity index is 1.60. The topological polar surface area (TPSA) is 78.5 Å². The lowest BCUT2D eigenvalue weighted by Crippen LogP contribution is -2.54. The molecule has 7 heteroatoms. The van der Waals surface area contributed by atoms with Crippen LogP contribution in [0.15, 0.2) is 11.0 Å². The third kappa shape index (κ3) is 3.67. The SMILES string of the molecule is Cc1ncc(C(=O)N2CCC(N3C[C@@H](C)O[C@@H](C)C3)CC2)c(=O)[nH]1. The Labute approximate surface area is 142 Å². The molecule has 3 rings (SSSR count). The molecule has 0 bridgehead atoms. The van der Waals surface area contributed by atoms with E-state index >= 15 is 0 Å². The van der Waals surface area contributed by atoms with Crippen LogP contribution in [0.5, 0.6) is 0 Å². The summed E-state index contributed by atoms with van der Waals surface area (Å²) in [6.45, 7) is 9.17. The smallest absolute Gasteiger partial charge is 0.263 e. The third-order valence-electron chi connectivity index (χ3n) is 4.87. The molecule has 2 atom stereocenters. The summed E-state index contributed by atoms with van der Waals surface area (Å²) in [4.78, 5) is 35.4. The van der Waals surface area contributed by atoms with Crippen molar-refractivity contribution in [3.05, 3.63) is 27.9 Å². The molecule has 2 aliphatic rings. The van der Waals surface area contributed by atoms with E-state index in [2.05, 4.69) is 28.7 Å². The first-order chi connectivity index (χ1) is 11.4. The normalized spacial score (nSPS) is 26.5. The molecule has 1 amide bonds. The number of piperidine rings is 1. The summed E-state index contributed by atoms with van der Waals surface area (Å²) in [5.41, 5.74) is -0.224. The third-order valence-corrected chi connectivity index (χ3v) is 4.87. The van der Waals surface area contributed by atoms with E-state index in [9.17, 15) is 9.59 Å².